The van der Waals surface area contributed by atoms with E-state index in [0.29, 0.717) is 6.42 Å². The zero-order chi connectivity index (χ0) is 9.56. The molecular weight excluding hydrogens is 178 g/mol. The van der Waals surface area contributed by atoms with E-state index < -0.39 is 6.04 Å². The topological polar surface area (TPSA) is 60.2 Å². The summed E-state index contributed by atoms with van der Waals surface area (Å²) in [6, 6.07) is -0.592. The van der Waals surface area contributed by atoms with Crippen molar-refractivity contribution in [2.24, 2.45) is 0 Å². The standard InChI is InChI=1S/C7H13NO3S/c1-3-6(8(10)11)7(12-2)4-5-9/h5-7H,3-4H2,1-2H3. The number of carbonyl (C=O) groups is 1. The molecule has 2 atom stereocenters. The monoisotopic (exact) mass is 191 g/mol. The molecule has 0 aliphatic carbocycles. The van der Waals surface area contributed by atoms with Crippen LogP contribution in [-0.2, 0) is 4.79 Å². The molecule has 5 heteroatoms. The SMILES string of the molecule is CCC(C(CC=O)SC)[N+](=O)[O-]. The lowest BCUT2D eigenvalue weighted by atomic mass is 10.1. The molecule has 0 aromatic carbocycles. The van der Waals surface area contributed by atoms with Crippen LogP contribution in [0, 0.1) is 10.1 Å². The van der Waals surface area contributed by atoms with E-state index in [2.05, 4.69) is 0 Å². The Labute approximate surface area is 75.9 Å². The van der Waals surface area contributed by atoms with E-state index in [0.717, 1.165) is 6.29 Å². The van der Waals surface area contributed by atoms with Gasteiger partial charge in [0.2, 0.25) is 6.04 Å². The van der Waals surface area contributed by atoms with Gasteiger partial charge in [0.25, 0.3) is 0 Å². The second-order valence-corrected chi connectivity index (χ2v) is 3.51. The normalized spacial score (nSPS) is 15.2. The quantitative estimate of drug-likeness (QED) is 0.361. The summed E-state index contributed by atoms with van der Waals surface area (Å²) in [5.74, 6) is 0. The molecule has 0 aromatic heterocycles. The Morgan fingerprint density at radius 1 is 1.67 bits per heavy atom. The van der Waals surface area contributed by atoms with Crippen LogP contribution in [0.15, 0.2) is 0 Å². The van der Waals surface area contributed by atoms with Crippen molar-refractivity contribution in [3.05, 3.63) is 10.1 Å². The molecular formula is C7H13NO3S. The molecule has 0 saturated heterocycles. The van der Waals surface area contributed by atoms with Gasteiger partial charge in [-0.05, 0) is 6.26 Å². The van der Waals surface area contributed by atoms with Crippen LogP contribution in [-0.4, -0.2) is 28.8 Å². The molecule has 0 rings (SSSR count). The number of hydrogen-bond acceptors (Lipinski definition) is 4. The highest BCUT2D eigenvalue weighted by Gasteiger charge is 2.28. The highest BCUT2D eigenvalue weighted by atomic mass is 32.2. The first-order valence-corrected chi connectivity index (χ1v) is 5.06. The molecule has 0 saturated carbocycles. The molecule has 0 fully saturated rings. The molecule has 0 bridgehead atoms. The molecule has 0 amide bonds. The number of nitrogens with zero attached hydrogens (tertiary/aromatic N) is 1. The van der Waals surface area contributed by atoms with Gasteiger partial charge in [0, 0.05) is 17.8 Å². The van der Waals surface area contributed by atoms with Crippen LogP contribution in [0.4, 0.5) is 0 Å². The average Bonchev–Trinajstić information content (AvgIpc) is 2.03. The first kappa shape index (κ1) is 11.4. The molecule has 0 radical (unpaired) electrons. The summed E-state index contributed by atoms with van der Waals surface area (Å²) in [6.07, 6.45) is 3.28. The third kappa shape index (κ3) is 3.21. The molecule has 0 N–H and O–H groups in total. The summed E-state index contributed by atoms with van der Waals surface area (Å²) >= 11 is 1.38. The third-order valence-corrected chi connectivity index (χ3v) is 2.86. The van der Waals surface area contributed by atoms with E-state index in [4.69, 9.17) is 0 Å². The van der Waals surface area contributed by atoms with Gasteiger partial charge in [0.15, 0.2) is 0 Å². The zero-order valence-electron chi connectivity index (χ0n) is 7.23. The number of hydrogen-bond donors (Lipinski definition) is 0. The number of thioether (sulfide) groups is 1. The van der Waals surface area contributed by atoms with Crippen LogP contribution in [0.1, 0.15) is 19.8 Å². The van der Waals surface area contributed by atoms with Crippen LogP contribution >= 0.6 is 11.8 Å². The first-order chi connectivity index (χ1) is 5.67. The van der Waals surface area contributed by atoms with E-state index in [1.54, 1.807) is 13.2 Å². The van der Waals surface area contributed by atoms with Crippen molar-refractivity contribution in [1.29, 1.82) is 0 Å². The highest BCUT2D eigenvalue weighted by Crippen LogP contribution is 2.18. The maximum absolute atomic E-state index is 10.5. The van der Waals surface area contributed by atoms with Gasteiger partial charge < -0.3 is 4.79 Å². The fraction of sp³-hybridized carbons (Fsp3) is 0.857. The third-order valence-electron chi connectivity index (χ3n) is 1.75. The maximum atomic E-state index is 10.5. The van der Waals surface area contributed by atoms with Gasteiger partial charge in [0.05, 0.1) is 5.25 Å². The van der Waals surface area contributed by atoms with Gasteiger partial charge in [-0.2, -0.15) is 11.8 Å². The molecule has 0 aromatic rings. The Morgan fingerprint density at radius 3 is 2.50 bits per heavy atom. The van der Waals surface area contributed by atoms with Gasteiger partial charge in [-0.25, -0.2) is 0 Å². The summed E-state index contributed by atoms with van der Waals surface area (Å²) in [4.78, 5) is 20.4. The fourth-order valence-corrected chi connectivity index (χ4v) is 1.93. The number of carbonyl (C=O) groups excluding carboxylic acids is 1. The fourth-order valence-electron chi connectivity index (χ4n) is 1.05. The number of aldehydes is 1. The van der Waals surface area contributed by atoms with Crippen LogP contribution in [0.5, 0.6) is 0 Å². The lowest BCUT2D eigenvalue weighted by Gasteiger charge is -2.14. The van der Waals surface area contributed by atoms with Gasteiger partial charge in [-0.3, -0.25) is 10.1 Å². The van der Waals surface area contributed by atoms with E-state index >= 15 is 0 Å². The van der Waals surface area contributed by atoms with Crippen LogP contribution in [0.3, 0.4) is 0 Å². The molecule has 0 aliphatic heterocycles. The van der Waals surface area contributed by atoms with Gasteiger partial charge in [0.1, 0.15) is 6.29 Å². The van der Waals surface area contributed by atoms with Gasteiger partial charge in [-0.15, -0.1) is 0 Å². The first-order valence-electron chi connectivity index (χ1n) is 3.77. The Bertz CT molecular complexity index is 163. The minimum Gasteiger partial charge on any atom is -0.303 e. The van der Waals surface area contributed by atoms with Crippen molar-refractivity contribution in [1.82, 2.24) is 0 Å². The van der Waals surface area contributed by atoms with Crippen molar-refractivity contribution >= 4 is 18.0 Å². The van der Waals surface area contributed by atoms with Crippen LogP contribution in [0.25, 0.3) is 0 Å². The Morgan fingerprint density at radius 2 is 2.25 bits per heavy atom. The van der Waals surface area contributed by atoms with E-state index in [9.17, 15) is 14.9 Å². The van der Waals surface area contributed by atoms with Crippen molar-refractivity contribution in [3.8, 4) is 0 Å². The minimum atomic E-state index is -0.592. The number of nitro groups is 1. The van der Waals surface area contributed by atoms with Crippen molar-refractivity contribution < 1.29 is 9.72 Å². The summed E-state index contributed by atoms with van der Waals surface area (Å²) in [5, 5.41) is 10.3. The van der Waals surface area contributed by atoms with E-state index in [-0.39, 0.29) is 16.6 Å². The Hall–Kier alpha value is -0.580. The second kappa shape index (κ2) is 5.99. The molecule has 0 spiro atoms. The maximum Gasteiger partial charge on any atom is 0.224 e. The molecule has 0 aliphatic rings. The minimum absolute atomic E-state index is 0.178. The van der Waals surface area contributed by atoms with Crippen molar-refractivity contribution in [2.45, 2.75) is 31.1 Å². The summed E-state index contributed by atoms with van der Waals surface area (Å²) < 4.78 is 0. The van der Waals surface area contributed by atoms with Crippen molar-refractivity contribution in [2.75, 3.05) is 6.26 Å². The Balaban J connectivity index is 4.21. The summed E-state index contributed by atoms with van der Waals surface area (Å²) in [6.45, 7) is 1.77. The molecule has 4 nitrogen and oxygen atoms in total. The largest absolute Gasteiger partial charge is 0.303 e. The Kier molecular flexibility index (Phi) is 5.70. The summed E-state index contributed by atoms with van der Waals surface area (Å²) in [7, 11) is 0. The van der Waals surface area contributed by atoms with E-state index in [1.807, 2.05) is 0 Å². The van der Waals surface area contributed by atoms with Gasteiger partial charge >= 0.3 is 0 Å². The molecule has 70 valence electrons. The van der Waals surface area contributed by atoms with Crippen LogP contribution < -0.4 is 0 Å². The number of rotatable bonds is 6. The lowest BCUT2D eigenvalue weighted by molar-refractivity contribution is -0.521. The predicted molar refractivity (Wildman–Crippen MR) is 49.1 cm³/mol. The zero-order valence-corrected chi connectivity index (χ0v) is 8.04. The second-order valence-electron chi connectivity index (χ2n) is 2.44. The average molecular weight is 191 g/mol. The molecule has 0 heterocycles. The molecule has 2 unspecified atom stereocenters. The predicted octanol–water partition coefficient (Wildman–Crippen LogP) is 1.36. The highest BCUT2D eigenvalue weighted by molar-refractivity contribution is 7.99. The van der Waals surface area contributed by atoms with Crippen molar-refractivity contribution in [3.63, 3.8) is 0 Å². The van der Waals surface area contributed by atoms with Crippen LogP contribution in [0.2, 0.25) is 0 Å². The lowest BCUT2D eigenvalue weighted by Crippen LogP contribution is -2.30. The summed E-state index contributed by atoms with van der Waals surface area (Å²) in [5.41, 5.74) is 0. The van der Waals surface area contributed by atoms with Gasteiger partial charge in [-0.1, -0.05) is 6.92 Å². The molecule has 12 heavy (non-hydrogen) atoms. The smallest absolute Gasteiger partial charge is 0.224 e. The van der Waals surface area contributed by atoms with E-state index in [1.165, 1.54) is 11.8 Å².